The molecule has 0 saturated carbocycles. The van der Waals surface area contributed by atoms with E-state index in [1.54, 1.807) is 0 Å². The first-order chi connectivity index (χ1) is 9.21. The second kappa shape index (κ2) is 12.9. The summed E-state index contributed by atoms with van der Waals surface area (Å²) in [7, 11) is 0. The van der Waals surface area contributed by atoms with Gasteiger partial charge in [0, 0.05) is 0 Å². The minimum atomic E-state index is 0. The standard InChI is InChI=1S/2C9H14B.2ClH.Zr/c2*1-9(2,3)10-7-5-4-6-8-10;;;/h2*4-6H,7H2,1-3H3;2*1H;/q2*-1;;;+4/p-2. The molecule has 0 aromatic carbocycles. The number of allylic oxidation sites excluding steroid dienone is 6. The number of rotatable bonds is 0. The van der Waals surface area contributed by atoms with Crippen LogP contribution in [0.4, 0.5) is 0 Å². The summed E-state index contributed by atoms with van der Waals surface area (Å²) in [4.78, 5) is 0. The van der Waals surface area contributed by atoms with Crippen molar-refractivity contribution < 1.29 is 51.0 Å². The molecule has 0 aliphatic carbocycles. The Labute approximate surface area is 176 Å². The maximum atomic E-state index is 3.35. The topological polar surface area (TPSA) is 0 Å². The first-order valence-corrected chi connectivity index (χ1v) is 7.70. The summed E-state index contributed by atoms with van der Waals surface area (Å²) in [5.41, 5.74) is 0. The van der Waals surface area contributed by atoms with E-state index in [-0.39, 0.29) is 51.0 Å². The SMILES string of the molecule is CC(C)(C)B1[C-]=CC=CC1.CC(C)(C)B1[C-]=CC=CC1.[Cl-].[Cl-].[Zr+4]. The summed E-state index contributed by atoms with van der Waals surface area (Å²) in [6.07, 6.45) is 14.9. The Morgan fingerprint density at radius 2 is 1.00 bits per heavy atom. The molecule has 0 radical (unpaired) electrons. The van der Waals surface area contributed by atoms with E-state index in [1.807, 2.05) is 12.2 Å². The molecule has 2 aliphatic rings. The van der Waals surface area contributed by atoms with Crippen LogP contribution in [0.1, 0.15) is 41.5 Å². The number of hydrogen-bond acceptors (Lipinski definition) is 0. The van der Waals surface area contributed by atoms with Gasteiger partial charge in [-0.3, -0.25) is 0 Å². The van der Waals surface area contributed by atoms with Crippen LogP contribution in [0.2, 0.25) is 23.3 Å². The zero-order valence-corrected chi connectivity index (χ0v) is 19.3. The molecule has 124 valence electrons. The van der Waals surface area contributed by atoms with Crippen LogP contribution in [-0.2, 0) is 26.2 Å². The minimum absolute atomic E-state index is 0. The monoisotopic (exact) mass is 426 g/mol. The van der Waals surface area contributed by atoms with Crippen molar-refractivity contribution in [1.82, 2.24) is 0 Å². The van der Waals surface area contributed by atoms with Crippen LogP contribution in [0.15, 0.2) is 36.5 Å². The average Bonchev–Trinajstić information content (AvgIpc) is 2.40. The number of hydrogen-bond donors (Lipinski definition) is 0. The fraction of sp³-hybridized carbons (Fsp3) is 0.556. The Morgan fingerprint density at radius 1 is 0.696 bits per heavy atom. The van der Waals surface area contributed by atoms with Crippen molar-refractivity contribution in [3.63, 3.8) is 0 Å². The van der Waals surface area contributed by atoms with E-state index >= 15 is 0 Å². The maximum Gasteiger partial charge on any atom is 4.00 e. The Balaban J connectivity index is -0.000000308. The predicted molar refractivity (Wildman–Crippen MR) is 94.5 cm³/mol. The second-order valence-corrected chi connectivity index (χ2v) is 7.83. The van der Waals surface area contributed by atoms with Crippen molar-refractivity contribution in [3.05, 3.63) is 48.4 Å². The van der Waals surface area contributed by atoms with E-state index in [0.717, 1.165) is 12.6 Å². The second-order valence-electron chi connectivity index (χ2n) is 7.83. The number of halogens is 2. The van der Waals surface area contributed by atoms with Gasteiger partial charge in [-0.05, 0) is 0 Å². The van der Waals surface area contributed by atoms with Crippen molar-refractivity contribution in [2.45, 2.75) is 64.8 Å². The van der Waals surface area contributed by atoms with Crippen LogP contribution < -0.4 is 24.8 Å². The van der Waals surface area contributed by atoms with E-state index in [0.29, 0.717) is 24.1 Å². The first-order valence-electron chi connectivity index (χ1n) is 7.70. The molecule has 0 saturated heterocycles. The predicted octanol–water partition coefficient (Wildman–Crippen LogP) is -0.495. The molecule has 0 unspecified atom stereocenters. The zero-order chi connectivity index (χ0) is 15.2. The van der Waals surface area contributed by atoms with Crippen molar-refractivity contribution >= 4 is 13.4 Å². The molecular weight excluding hydrogens is 400 g/mol. The molecule has 0 atom stereocenters. The van der Waals surface area contributed by atoms with Gasteiger partial charge in [-0.25, -0.2) is 24.3 Å². The van der Waals surface area contributed by atoms with Gasteiger partial charge in [-0.1, -0.05) is 64.8 Å². The Bertz CT molecular complexity index is 376. The molecule has 0 amide bonds. The van der Waals surface area contributed by atoms with Gasteiger partial charge in [0.25, 0.3) is 0 Å². The fourth-order valence-electron chi connectivity index (χ4n) is 2.25. The van der Waals surface area contributed by atoms with E-state index < -0.39 is 0 Å². The van der Waals surface area contributed by atoms with Gasteiger partial charge in [-0.15, -0.1) is 0 Å². The third-order valence-electron chi connectivity index (χ3n) is 3.89. The van der Waals surface area contributed by atoms with Crippen molar-refractivity contribution in [2.24, 2.45) is 0 Å². The molecule has 0 N–H and O–H groups in total. The Hall–Kier alpha value is 0.553. The summed E-state index contributed by atoms with van der Waals surface area (Å²) in [6, 6.07) is 0. The Morgan fingerprint density at radius 3 is 1.13 bits per heavy atom. The molecule has 2 heterocycles. The molecule has 0 fully saturated rings. The van der Waals surface area contributed by atoms with E-state index in [2.05, 4.69) is 77.8 Å². The van der Waals surface area contributed by atoms with Crippen LogP contribution >= 0.6 is 0 Å². The fourth-order valence-corrected chi connectivity index (χ4v) is 2.25. The van der Waals surface area contributed by atoms with Crippen LogP contribution in [-0.4, -0.2) is 13.4 Å². The smallest absolute Gasteiger partial charge is 1.00 e. The molecule has 2 rings (SSSR count). The van der Waals surface area contributed by atoms with Gasteiger partial charge in [-0.2, -0.15) is 12.2 Å². The summed E-state index contributed by atoms with van der Waals surface area (Å²) in [6.45, 7) is 14.8. The minimum Gasteiger partial charge on any atom is -1.00 e. The summed E-state index contributed by atoms with van der Waals surface area (Å²) in [5.74, 6) is 6.69. The van der Waals surface area contributed by atoms with Crippen molar-refractivity contribution in [3.8, 4) is 0 Å². The Kier molecular flexibility index (Phi) is 15.8. The van der Waals surface area contributed by atoms with Gasteiger partial charge < -0.3 is 36.8 Å². The first kappa shape index (κ1) is 28.4. The van der Waals surface area contributed by atoms with E-state index in [1.165, 1.54) is 0 Å². The third kappa shape index (κ3) is 11.7. The molecule has 5 heteroatoms. The quantitative estimate of drug-likeness (QED) is 0.361. The van der Waals surface area contributed by atoms with Crippen LogP contribution in [0.5, 0.6) is 0 Å². The largest absolute Gasteiger partial charge is 4.00 e. The van der Waals surface area contributed by atoms with Crippen LogP contribution in [0, 0.1) is 12.0 Å². The zero-order valence-electron chi connectivity index (χ0n) is 15.3. The molecule has 0 bridgehead atoms. The normalized spacial score (nSPS) is 15.7. The van der Waals surface area contributed by atoms with Gasteiger partial charge in [0.05, 0.1) is 13.4 Å². The molecule has 0 spiro atoms. The van der Waals surface area contributed by atoms with Crippen LogP contribution in [0.25, 0.3) is 0 Å². The van der Waals surface area contributed by atoms with Gasteiger partial charge >= 0.3 is 26.2 Å². The van der Waals surface area contributed by atoms with Crippen molar-refractivity contribution in [2.75, 3.05) is 0 Å². The van der Waals surface area contributed by atoms with Gasteiger partial charge in [0.15, 0.2) is 0 Å². The summed E-state index contributed by atoms with van der Waals surface area (Å²) >= 11 is 0. The summed E-state index contributed by atoms with van der Waals surface area (Å²) in [5, 5.41) is 0.753. The van der Waals surface area contributed by atoms with E-state index in [9.17, 15) is 0 Å². The molecular formula is C18H28B2Cl2Zr. The van der Waals surface area contributed by atoms with Crippen LogP contribution in [0.3, 0.4) is 0 Å². The molecule has 0 aromatic heterocycles. The molecule has 23 heavy (non-hydrogen) atoms. The van der Waals surface area contributed by atoms with Gasteiger partial charge in [0.2, 0.25) is 0 Å². The van der Waals surface area contributed by atoms with Gasteiger partial charge in [0.1, 0.15) is 0 Å². The summed E-state index contributed by atoms with van der Waals surface area (Å²) < 4.78 is 0. The average molecular weight is 428 g/mol. The molecule has 0 nitrogen and oxygen atoms in total. The molecule has 2 aliphatic heterocycles. The molecule has 0 aromatic rings. The third-order valence-corrected chi connectivity index (χ3v) is 3.89. The van der Waals surface area contributed by atoms with Crippen molar-refractivity contribution in [1.29, 1.82) is 0 Å². The van der Waals surface area contributed by atoms with E-state index in [4.69, 9.17) is 0 Å². The maximum absolute atomic E-state index is 3.35.